The minimum Gasteiger partial charge on any atom is -0.393 e. The SMILES string of the molecule is CC(C)CN(C)CC1COCCC1O. The van der Waals surface area contributed by atoms with Gasteiger partial charge in [-0.25, -0.2) is 0 Å². The van der Waals surface area contributed by atoms with Gasteiger partial charge in [-0.05, 0) is 19.4 Å². The molecule has 3 nitrogen and oxygen atoms in total. The average molecular weight is 201 g/mol. The van der Waals surface area contributed by atoms with Crippen molar-refractivity contribution in [2.75, 3.05) is 33.4 Å². The Kier molecular flexibility index (Phi) is 4.85. The summed E-state index contributed by atoms with van der Waals surface area (Å²) in [7, 11) is 2.11. The topological polar surface area (TPSA) is 32.7 Å². The minimum absolute atomic E-state index is 0.168. The lowest BCUT2D eigenvalue weighted by Gasteiger charge is -2.31. The third-order valence-electron chi connectivity index (χ3n) is 2.66. The molecular weight excluding hydrogens is 178 g/mol. The van der Waals surface area contributed by atoms with E-state index in [1.165, 1.54) is 0 Å². The number of aliphatic hydroxyl groups is 1. The summed E-state index contributed by atoms with van der Waals surface area (Å²) in [6.07, 6.45) is 0.624. The van der Waals surface area contributed by atoms with Crippen molar-refractivity contribution < 1.29 is 9.84 Å². The molecule has 0 aliphatic carbocycles. The molecule has 1 aliphatic rings. The molecule has 0 saturated carbocycles. The molecule has 1 rings (SSSR count). The first kappa shape index (κ1) is 12.0. The van der Waals surface area contributed by atoms with Crippen LogP contribution in [-0.2, 0) is 4.74 Å². The van der Waals surface area contributed by atoms with Crippen molar-refractivity contribution in [3.05, 3.63) is 0 Å². The van der Waals surface area contributed by atoms with Crippen LogP contribution in [0.25, 0.3) is 0 Å². The summed E-state index contributed by atoms with van der Waals surface area (Å²) in [6.45, 7) is 7.88. The van der Waals surface area contributed by atoms with Gasteiger partial charge in [-0.15, -0.1) is 0 Å². The van der Waals surface area contributed by atoms with Gasteiger partial charge in [0.25, 0.3) is 0 Å². The zero-order valence-corrected chi connectivity index (χ0v) is 9.57. The lowest BCUT2D eigenvalue weighted by Crippen LogP contribution is -2.40. The standard InChI is InChI=1S/C11H23NO2/c1-9(2)6-12(3)7-10-8-14-5-4-11(10)13/h9-11,13H,4-8H2,1-3H3. The fourth-order valence-electron chi connectivity index (χ4n) is 2.06. The largest absolute Gasteiger partial charge is 0.393 e. The van der Waals surface area contributed by atoms with Gasteiger partial charge in [-0.3, -0.25) is 0 Å². The first-order chi connectivity index (χ1) is 6.59. The molecule has 0 bridgehead atoms. The van der Waals surface area contributed by atoms with Gasteiger partial charge in [-0.1, -0.05) is 13.8 Å². The van der Waals surface area contributed by atoms with Crippen LogP contribution in [0.1, 0.15) is 20.3 Å². The third-order valence-corrected chi connectivity index (χ3v) is 2.66. The minimum atomic E-state index is -0.168. The second kappa shape index (κ2) is 5.69. The van der Waals surface area contributed by atoms with E-state index in [0.717, 1.165) is 19.5 Å². The van der Waals surface area contributed by atoms with E-state index in [-0.39, 0.29) is 6.10 Å². The highest BCUT2D eigenvalue weighted by molar-refractivity contribution is 4.75. The Morgan fingerprint density at radius 2 is 2.21 bits per heavy atom. The molecule has 0 aromatic rings. The van der Waals surface area contributed by atoms with E-state index >= 15 is 0 Å². The summed E-state index contributed by atoms with van der Waals surface area (Å²) in [4.78, 5) is 2.28. The van der Waals surface area contributed by atoms with Crippen LogP contribution in [0.4, 0.5) is 0 Å². The summed E-state index contributed by atoms with van der Waals surface area (Å²) >= 11 is 0. The Labute approximate surface area is 87.1 Å². The lowest BCUT2D eigenvalue weighted by molar-refractivity contribution is -0.0451. The summed E-state index contributed by atoms with van der Waals surface area (Å²) in [5.41, 5.74) is 0. The quantitative estimate of drug-likeness (QED) is 0.735. The van der Waals surface area contributed by atoms with E-state index in [2.05, 4.69) is 25.8 Å². The Morgan fingerprint density at radius 1 is 1.50 bits per heavy atom. The lowest BCUT2D eigenvalue weighted by atomic mass is 9.98. The molecule has 1 aliphatic heterocycles. The highest BCUT2D eigenvalue weighted by atomic mass is 16.5. The van der Waals surface area contributed by atoms with E-state index in [4.69, 9.17) is 4.74 Å². The molecule has 3 heteroatoms. The number of nitrogens with zero attached hydrogens (tertiary/aromatic N) is 1. The van der Waals surface area contributed by atoms with E-state index in [1.807, 2.05) is 0 Å². The molecule has 0 aromatic carbocycles. The first-order valence-corrected chi connectivity index (χ1v) is 5.54. The Hall–Kier alpha value is -0.120. The Balaban J connectivity index is 2.27. The molecule has 14 heavy (non-hydrogen) atoms. The number of rotatable bonds is 4. The third kappa shape index (κ3) is 3.95. The van der Waals surface area contributed by atoms with Crippen LogP contribution in [0.5, 0.6) is 0 Å². The number of ether oxygens (including phenoxy) is 1. The van der Waals surface area contributed by atoms with Crippen molar-refractivity contribution in [2.45, 2.75) is 26.4 Å². The summed E-state index contributed by atoms with van der Waals surface area (Å²) in [5.74, 6) is 0.981. The monoisotopic (exact) mass is 201 g/mol. The zero-order valence-electron chi connectivity index (χ0n) is 9.57. The second-order valence-electron chi connectivity index (χ2n) is 4.81. The number of hydrogen-bond donors (Lipinski definition) is 1. The summed E-state index contributed by atoms with van der Waals surface area (Å²) < 4.78 is 5.37. The van der Waals surface area contributed by atoms with Gasteiger partial charge >= 0.3 is 0 Å². The smallest absolute Gasteiger partial charge is 0.0624 e. The van der Waals surface area contributed by atoms with E-state index in [0.29, 0.717) is 25.0 Å². The van der Waals surface area contributed by atoms with Crippen molar-refractivity contribution >= 4 is 0 Å². The highest BCUT2D eigenvalue weighted by Gasteiger charge is 2.24. The molecule has 0 radical (unpaired) electrons. The molecule has 2 unspecified atom stereocenters. The van der Waals surface area contributed by atoms with E-state index in [1.54, 1.807) is 0 Å². The van der Waals surface area contributed by atoms with Gasteiger partial charge in [0.1, 0.15) is 0 Å². The van der Waals surface area contributed by atoms with Crippen molar-refractivity contribution in [2.24, 2.45) is 11.8 Å². The van der Waals surface area contributed by atoms with Crippen molar-refractivity contribution in [3.8, 4) is 0 Å². The van der Waals surface area contributed by atoms with Gasteiger partial charge in [0.2, 0.25) is 0 Å². The van der Waals surface area contributed by atoms with Crippen LogP contribution in [0.15, 0.2) is 0 Å². The maximum atomic E-state index is 9.75. The normalized spacial score (nSPS) is 28.7. The van der Waals surface area contributed by atoms with Crippen LogP contribution in [-0.4, -0.2) is 49.5 Å². The molecule has 1 heterocycles. The molecule has 0 spiro atoms. The number of aliphatic hydroxyl groups excluding tert-OH is 1. The molecule has 1 fully saturated rings. The van der Waals surface area contributed by atoms with Crippen LogP contribution < -0.4 is 0 Å². The molecule has 0 amide bonds. The summed E-state index contributed by atoms with van der Waals surface area (Å²) in [6, 6.07) is 0. The van der Waals surface area contributed by atoms with Crippen LogP contribution >= 0.6 is 0 Å². The van der Waals surface area contributed by atoms with Gasteiger partial charge < -0.3 is 14.7 Å². The molecular formula is C11H23NO2. The first-order valence-electron chi connectivity index (χ1n) is 5.54. The van der Waals surface area contributed by atoms with Crippen molar-refractivity contribution in [1.82, 2.24) is 4.90 Å². The predicted octanol–water partition coefficient (Wildman–Crippen LogP) is 0.972. The van der Waals surface area contributed by atoms with Crippen LogP contribution in [0.3, 0.4) is 0 Å². The maximum Gasteiger partial charge on any atom is 0.0624 e. The van der Waals surface area contributed by atoms with Crippen LogP contribution in [0.2, 0.25) is 0 Å². The maximum absolute atomic E-state index is 9.75. The predicted molar refractivity (Wildman–Crippen MR) is 57.3 cm³/mol. The average Bonchev–Trinajstić information content (AvgIpc) is 2.07. The second-order valence-corrected chi connectivity index (χ2v) is 4.81. The van der Waals surface area contributed by atoms with Crippen molar-refractivity contribution in [1.29, 1.82) is 0 Å². The zero-order chi connectivity index (χ0) is 10.6. The fraction of sp³-hybridized carbons (Fsp3) is 1.00. The molecule has 0 aromatic heterocycles. The molecule has 1 N–H and O–H groups in total. The summed E-state index contributed by atoms with van der Waals surface area (Å²) in [5, 5.41) is 9.75. The van der Waals surface area contributed by atoms with Gasteiger partial charge in [0, 0.05) is 25.6 Å². The fourth-order valence-corrected chi connectivity index (χ4v) is 2.06. The Morgan fingerprint density at radius 3 is 2.79 bits per heavy atom. The van der Waals surface area contributed by atoms with Gasteiger partial charge in [0.15, 0.2) is 0 Å². The van der Waals surface area contributed by atoms with Crippen LogP contribution in [0, 0.1) is 11.8 Å². The molecule has 1 saturated heterocycles. The number of hydrogen-bond acceptors (Lipinski definition) is 3. The van der Waals surface area contributed by atoms with Gasteiger partial charge in [-0.2, -0.15) is 0 Å². The molecule has 84 valence electrons. The van der Waals surface area contributed by atoms with Crippen molar-refractivity contribution in [3.63, 3.8) is 0 Å². The Bertz CT molecular complexity index is 161. The highest BCUT2D eigenvalue weighted by Crippen LogP contribution is 2.15. The van der Waals surface area contributed by atoms with E-state index in [9.17, 15) is 5.11 Å². The molecule has 2 atom stereocenters. The van der Waals surface area contributed by atoms with Gasteiger partial charge in [0.05, 0.1) is 12.7 Å². The van der Waals surface area contributed by atoms with E-state index < -0.39 is 0 Å².